The lowest BCUT2D eigenvalue weighted by Gasteiger charge is -2.19. The van der Waals surface area contributed by atoms with Crippen LogP contribution < -0.4 is 10.6 Å². The predicted molar refractivity (Wildman–Crippen MR) is 132 cm³/mol. The molecule has 2 atom stereocenters. The summed E-state index contributed by atoms with van der Waals surface area (Å²) in [7, 11) is -1.16. The Hall–Kier alpha value is -3.78. The van der Waals surface area contributed by atoms with Gasteiger partial charge in [-0.1, -0.05) is 72.8 Å². The summed E-state index contributed by atoms with van der Waals surface area (Å²) in [4.78, 5) is 38.3. The summed E-state index contributed by atoms with van der Waals surface area (Å²) < 4.78 is 16.8. The number of ketones is 1. The minimum atomic E-state index is -1.16. The zero-order chi connectivity index (χ0) is 24.3. The van der Waals surface area contributed by atoms with Gasteiger partial charge in [-0.05, 0) is 24.1 Å². The Kier molecular flexibility index (Phi) is 9.11. The van der Waals surface area contributed by atoms with Crippen LogP contribution in [0.1, 0.15) is 27.9 Å². The van der Waals surface area contributed by atoms with Crippen LogP contribution in [-0.4, -0.2) is 40.0 Å². The number of ether oxygens (including phenoxy) is 1. The van der Waals surface area contributed by atoms with E-state index >= 15 is 0 Å². The SMILES string of the molecule is CS(=O)CC[C@H](NC(=O)OCc1ccccc1)C(=O)Nc1ccccc1C(=O)c1ccccc1. The smallest absolute Gasteiger partial charge is 0.408 e. The van der Waals surface area contributed by atoms with E-state index in [4.69, 9.17) is 4.74 Å². The molecule has 0 saturated heterocycles. The van der Waals surface area contributed by atoms with Crippen molar-refractivity contribution in [1.82, 2.24) is 5.32 Å². The van der Waals surface area contributed by atoms with E-state index in [2.05, 4.69) is 10.6 Å². The molecular formula is C26H26N2O5S. The van der Waals surface area contributed by atoms with Crippen molar-refractivity contribution >= 4 is 34.3 Å². The highest BCUT2D eigenvalue weighted by Gasteiger charge is 2.24. The average molecular weight is 479 g/mol. The van der Waals surface area contributed by atoms with Gasteiger partial charge in [0.2, 0.25) is 5.91 Å². The maximum absolute atomic E-state index is 13.1. The highest BCUT2D eigenvalue weighted by Crippen LogP contribution is 2.20. The highest BCUT2D eigenvalue weighted by atomic mass is 32.2. The maximum atomic E-state index is 13.1. The first-order valence-corrected chi connectivity index (χ1v) is 12.4. The van der Waals surface area contributed by atoms with Crippen LogP contribution in [0.15, 0.2) is 84.9 Å². The van der Waals surface area contributed by atoms with Gasteiger partial charge in [0, 0.05) is 33.9 Å². The Morgan fingerprint density at radius 3 is 2.18 bits per heavy atom. The number of hydrogen-bond acceptors (Lipinski definition) is 5. The zero-order valence-electron chi connectivity index (χ0n) is 18.7. The first-order valence-electron chi connectivity index (χ1n) is 10.7. The maximum Gasteiger partial charge on any atom is 0.408 e. The second-order valence-electron chi connectivity index (χ2n) is 7.55. The second kappa shape index (κ2) is 12.5. The van der Waals surface area contributed by atoms with Gasteiger partial charge in [0.25, 0.3) is 0 Å². The van der Waals surface area contributed by atoms with Gasteiger partial charge in [-0.2, -0.15) is 0 Å². The Balaban J connectivity index is 1.71. The van der Waals surface area contributed by atoms with E-state index < -0.39 is 28.8 Å². The van der Waals surface area contributed by atoms with Gasteiger partial charge in [0.15, 0.2) is 5.78 Å². The Bertz CT molecular complexity index is 1150. The van der Waals surface area contributed by atoms with Crippen molar-refractivity contribution in [3.05, 3.63) is 102 Å². The van der Waals surface area contributed by atoms with Gasteiger partial charge < -0.3 is 15.4 Å². The third kappa shape index (κ3) is 7.38. The highest BCUT2D eigenvalue weighted by molar-refractivity contribution is 7.84. The summed E-state index contributed by atoms with van der Waals surface area (Å²) >= 11 is 0. The number of hydrogen-bond donors (Lipinski definition) is 2. The first-order chi connectivity index (χ1) is 16.4. The molecule has 8 heteroatoms. The number of carbonyl (C=O) groups excluding carboxylic acids is 3. The number of benzene rings is 3. The lowest BCUT2D eigenvalue weighted by atomic mass is 10.0. The van der Waals surface area contributed by atoms with Crippen molar-refractivity contribution in [2.24, 2.45) is 0 Å². The summed E-state index contributed by atoms with van der Waals surface area (Å²) in [6.07, 6.45) is 0.903. The third-order valence-electron chi connectivity index (χ3n) is 4.98. The van der Waals surface area contributed by atoms with Gasteiger partial charge in [-0.3, -0.25) is 13.8 Å². The monoisotopic (exact) mass is 478 g/mol. The summed E-state index contributed by atoms with van der Waals surface area (Å²) in [6, 6.07) is 23.6. The van der Waals surface area contributed by atoms with Crippen molar-refractivity contribution < 1.29 is 23.3 Å². The molecule has 0 spiro atoms. The number of carbonyl (C=O) groups is 3. The molecule has 0 radical (unpaired) electrons. The number of anilines is 1. The van der Waals surface area contributed by atoms with Crippen LogP contribution in [0.4, 0.5) is 10.5 Å². The molecule has 0 heterocycles. The van der Waals surface area contributed by atoms with E-state index in [1.165, 1.54) is 6.26 Å². The van der Waals surface area contributed by atoms with Gasteiger partial charge in [0.1, 0.15) is 12.6 Å². The average Bonchev–Trinajstić information content (AvgIpc) is 2.86. The number of alkyl carbamates (subject to hydrolysis) is 1. The minimum absolute atomic E-state index is 0.0507. The van der Waals surface area contributed by atoms with Crippen LogP contribution in [0.2, 0.25) is 0 Å². The number of rotatable bonds is 10. The molecule has 1 unspecified atom stereocenters. The van der Waals surface area contributed by atoms with Crippen LogP contribution >= 0.6 is 0 Å². The second-order valence-corrected chi connectivity index (χ2v) is 9.11. The summed E-state index contributed by atoms with van der Waals surface area (Å²) in [5.41, 5.74) is 1.95. The molecule has 3 rings (SSSR count). The molecule has 3 aromatic carbocycles. The van der Waals surface area contributed by atoms with Crippen LogP contribution in [0.5, 0.6) is 0 Å². The van der Waals surface area contributed by atoms with Crippen molar-refractivity contribution in [3.8, 4) is 0 Å². The van der Waals surface area contributed by atoms with Gasteiger partial charge in [0.05, 0.1) is 5.69 Å². The molecule has 0 aromatic heterocycles. The van der Waals surface area contributed by atoms with Crippen molar-refractivity contribution in [2.75, 3.05) is 17.3 Å². The minimum Gasteiger partial charge on any atom is -0.445 e. The fourth-order valence-corrected chi connectivity index (χ4v) is 3.78. The van der Waals surface area contributed by atoms with Gasteiger partial charge in [-0.15, -0.1) is 0 Å². The van der Waals surface area contributed by atoms with Crippen LogP contribution in [0, 0.1) is 0 Å². The fourth-order valence-electron chi connectivity index (χ4n) is 3.21. The van der Waals surface area contributed by atoms with Crippen LogP contribution in [0.25, 0.3) is 0 Å². The van der Waals surface area contributed by atoms with E-state index in [0.717, 1.165) is 5.56 Å². The Morgan fingerprint density at radius 1 is 0.882 bits per heavy atom. The molecular weight excluding hydrogens is 452 g/mol. The summed E-state index contributed by atoms with van der Waals surface area (Å²) in [5, 5.41) is 5.29. The zero-order valence-corrected chi connectivity index (χ0v) is 19.5. The normalized spacial score (nSPS) is 12.3. The Morgan fingerprint density at radius 2 is 1.50 bits per heavy atom. The van der Waals surface area contributed by atoms with Crippen molar-refractivity contribution in [1.29, 1.82) is 0 Å². The molecule has 7 nitrogen and oxygen atoms in total. The van der Waals surface area contributed by atoms with E-state index in [1.54, 1.807) is 48.5 Å². The number of amides is 2. The number of nitrogens with one attached hydrogen (secondary N) is 2. The predicted octanol–water partition coefficient (Wildman–Crippen LogP) is 3.92. The lowest BCUT2D eigenvalue weighted by molar-refractivity contribution is -0.118. The topological polar surface area (TPSA) is 102 Å². The van der Waals surface area contributed by atoms with E-state index in [-0.39, 0.29) is 24.6 Å². The fraction of sp³-hybridized carbons (Fsp3) is 0.192. The molecule has 0 aliphatic rings. The van der Waals surface area contributed by atoms with Gasteiger partial charge in [-0.25, -0.2) is 4.79 Å². The van der Waals surface area contributed by atoms with Gasteiger partial charge >= 0.3 is 6.09 Å². The lowest BCUT2D eigenvalue weighted by Crippen LogP contribution is -2.44. The van der Waals surface area contributed by atoms with Crippen molar-refractivity contribution in [2.45, 2.75) is 19.1 Å². The molecule has 0 fully saturated rings. The summed E-state index contributed by atoms with van der Waals surface area (Å²) in [5.74, 6) is -0.560. The standard InChI is InChI=1S/C26H26N2O5S/c1-34(32)17-16-23(28-26(31)33-18-19-10-4-2-5-11-19)25(30)27-22-15-9-8-14-21(22)24(29)20-12-6-3-7-13-20/h2-15,23H,16-18H2,1H3,(H,27,30)(H,28,31)/t23-,34?/m0/s1. The molecule has 176 valence electrons. The van der Waals surface area contributed by atoms with E-state index in [0.29, 0.717) is 16.8 Å². The Labute approximate surface area is 201 Å². The molecule has 34 heavy (non-hydrogen) atoms. The summed E-state index contributed by atoms with van der Waals surface area (Å²) in [6.45, 7) is 0.0507. The van der Waals surface area contributed by atoms with E-state index in [1.807, 2.05) is 36.4 Å². The molecule has 0 aliphatic carbocycles. The molecule has 2 amide bonds. The molecule has 2 N–H and O–H groups in total. The molecule has 3 aromatic rings. The van der Waals surface area contributed by atoms with E-state index in [9.17, 15) is 18.6 Å². The van der Waals surface area contributed by atoms with Crippen molar-refractivity contribution in [3.63, 3.8) is 0 Å². The van der Waals surface area contributed by atoms with Crippen LogP contribution in [-0.2, 0) is 26.9 Å². The largest absolute Gasteiger partial charge is 0.445 e. The molecule has 0 aliphatic heterocycles. The quantitative estimate of drug-likeness (QED) is 0.430. The molecule has 0 bridgehead atoms. The van der Waals surface area contributed by atoms with Crippen LogP contribution in [0.3, 0.4) is 0 Å². The molecule has 0 saturated carbocycles. The number of para-hydroxylation sites is 1. The first kappa shape index (κ1) is 24.9. The third-order valence-corrected chi connectivity index (χ3v) is 5.79.